The van der Waals surface area contributed by atoms with Crippen LogP contribution in [0.4, 0.5) is 11.4 Å². The van der Waals surface area contributed by atoms with Crippen molar-refractivity contribution in [3.63, 3.8) is 0 Å². The molecule has 0 saturated heterocycles. The number of non-ortho nitro benzene ring substituents is 1. The van der Waals surface area contributed by atoms with Gasteiger partial charge in [-0.05, 0) is 38.1 Å². The molecule has 0 aliphatic heterocycles. The summed E-state index contributed by atoms with van der Waals surface area (Å²) in [6.45, 7) is 3.43. The number of ether oxygens (including phenoxy) is 1. The largest absolute Gasteiger partial charge is 0.455 e. The summed E-state index contributed by atoms with van der Waals surface area (Å²) in [6, 6.07) is 15.0. The predicted octanol–water partition coefficient (Wildman–Crippen LogP) is 3.67. The van der Waals surface area contributed by atoms with Gasteiger partial charge in [-0.25, -0.2) is 0 Å². The van der Waals surface area contributed by atoms with Gasteiger partial charge < -0.3 is 9.64 Å². The third-order valence-electron chi connectivity index (χ3n) is 3.58. The summed E-state index contributed by atoms with van der Waals surface area (Å²) in [6.07, 6.45) is 0. The van der Waals surface area contributed by atoms with Crippen LogP contribution in [0, 0.1) is 10.1 Å². The highest BCUT2D eigenvalue weighted by atomic mass is 32.2. The second-order valence-electron chi connectivity index (χ2n) is 5.89. The van der Waals surface area contributed by atoms with E-state index in [0.29, 0.717) is 4.90 Å². The zero-order valence-electron chi connectivity index (χ0n) is 15.0. The molecular weight excluding hydrogens is 368 g/mol. The lowest BCUT2D eigenvalue weighted by Crippen LogP contribution is -2.40. The van der Waals surface area contributed by atoms with Crippen molar-refractivity contribution in [2.45, 2.75) is 24.8 Å². The van der Waals surface area contributed by atoms with Gasteiger partial charge in [0.2, 0.25) is 0 Å². The SMILES string of the molecule is CC(C)N(C(=O)COC(=O)CSc1ccc([N+](=O)[O-])cc1)c1ccccc1. The summed E-state index contributed by atoms with van der Waals surface area (Å²) < 4.78 is 5.08. The maximum atomic E-state index is 12.4. The van der Waals surface area contributed by atoms with E-state index in [1.807, 2.05) is 44.2 Å². The first kappa shape index (κ1) is 20.4. The zero-order valence-corrected chi connectivity index (χ0v) is 15.8. The average molecular weight is 388 g/mol. The smallest absolute Gasteiger partial charge is 0.316 e. The minimum Gasteiger partial charge on any atom is -0.455 e. The Morgan fingerprint density at radius 2 is 1.74 bits per heavy atom. The maximum absolute atomic E-state index is 12.4. The molecule has 27 heavy (non-hydrogen) atoms. The van der Waals surface area contributed by atoms with Crippen LogP contribution in [0.25, 0.3) is 0 Å². The number of anilines is 1. The van der Waals surface area contributed by atoms with E-state index >= 15 is 0 Å². The maximum Gasteiger partial charge on any atom is 0.316 e. The van der Waals surface area contributed by atoms with Crippen LogP contribution in [0.1, 0.15) is 13.8 Å². The summed E-state index contributed by atoms with van der Waals surface area (Å²) in [5, 5.41) is 10.6. The van der Waals surface area contributed by atoms with Gasteiger partial charge in [-0.2, -0.15) is 0 Å². The van der Waals surface area contributed by atoms with Crippen molar-refractivity contribution in [1.82, 2.24) is 0 Å². The van der Waals surface area contributed by atoms with E-state index in [4.69, 9.17) is 4.74 Å². The van der Waals surface area contributed by atoms with Gasteiger partial charge >= 0.3 is 5.97 Å². The second-order valence-corrected chi connectivity index (χ2v) is 6.94. The molecule has 0 unspecified atom stereocenters. The Balaban J connectivity index is 1.85. The molecule has 0 fully saturated rings. The molecule has 142 valence electrons. The summed E-state index contributed by atoms with van der Waals surface area (Å²) in [7, 11) is 0. The Bertz CT molecular complexity index is 794. The second kappa shape index (κ2) is 9.72. The highest BCUT2D eigenvalue weighted by Gasteiger charge is 2.20. The van der Waals surface area contributed by atoms with Crippen LogP contribution in [-0.2, 0) is 14.3 Å². The number of carbonyl (C=O) groups is 2. The molecule has 2 aromatic carbocycles. The van der Waals surface area contributed by atoms with Crippen molar-refractivity contribution in [1.29, 1.82) is 0 Å². The van der Waals surface area contributed by atoms with E-state index in [1.165, 1.54) is 23.9 Å². The van der Waals surface area contributed by atoms with E-state index in [0.717, 1.165) is 5.69 Å². The number of benzene rings is 2. The van der Waals surface area contributed by atoms with Crippen LogP contribution in [-0.4, -0.2) is 35.2 Å². The highest BCUT2D eigenvalue weighted by molar-refractivity contribution is 8.00. The molecule has 0 aliphatic rings. The molecule has 0 bridgehead atoms. The van der Waals surface area contributed by atoms with Gasteiger partial charge in [0.15, 0.2) is 6.61 Å². The molecule has 0 heterocycles. The molecule has 0 saturated carbocycles. The van der Waals surface area contributed by atoms with Crippen molar-refractivity contribution in [3.05, 3.63) is 64.7 Å². The van der Waals surface area contributed by atoms with Gasteiger partial charge in [-0.3, -0.25) is 19.7 Å². The monoisotopic (exact) mass is 388 g/mol. The lowest BCUT2D eigenvalue weighted by molar-refractivity contribution is -0.384. The van der Waals surface area contributed by atoms with Crippen LogP contribution < -0.4 is 4.90 Å². The van der Waals surface area contributed by atoms with Crippen LogP contribution in [0.15, 0.2) is 59.5 Å². The molecule has 0 aromatic heterocycles. The number of amides is 1. The normalized spacial score (nSPS) is 10.5. The van der Waals surface area contributed by atoms with Gasteiger partial charge in [-0.1, -0.05) is 18.2 Å². The van der Waals surface area contributed by atoms with E-state index in [-0.39, 0.29) is 30.0 Å². The number of nitrogens with zero attached hydrogens (tertiary/aromatic N) is 2. The number of carbonyl (C=O) groups excluding carboxylic acids is 2. The molecule has 2 rings (SSSR count). The average Bonchev–Trinajstić information content (AvgIpc) is 2.65. The topological polar surface area (TPSA) is 89.8 Å². The minimum absolute atomic E-state index is 0.0118. The number of nitro groups is 1. The third kappa shape index (κ3) is 6.10. The van der Waals surface area contributed by atoms with Crippen LogP contribution in [0.2, 0.25) is 0 Å². The lowest BCUT2D eigenvalue weighted by atomic mass is 10.2. The van der Waals surface area contributed by atoms with Gasteiger partial charge in [0.05, 0.1) is 10.7 Å². The Morgan fingerprint density at radius 3 is 2.30 bits per heavy atom. The van der Waals surface area contributed by atoms with E-state index in [1.54, 1.807) is 17.0 Å². The number of para-hydroxylation sites is 1. The first-order valence-electron chi connectivity index (χ1n) is 8.28. The number of thioether (sulfide) groups is 1. The van der Waals surface area contributed by atoms with Gasteiger partial charge in [0, 0.05) is 28.8 Å². The van der Waals surface area contributed by atoms with Gasteiger partial charge in [0.1, 0.15) is 0 Å². The summed E-state index contributed by atoms with van der Waals surface area (Å²) >= 11 is 1.19. The highest BCUT2D eigenvalue weighted by Crippen LogP contribution is 2.21. The first-order chi connectivity index (χ1) is 12.9. The van der Waals surface area contributed by atoms with Crippen LogP contribution >= 0.6 is 11.8 Å². The Kier molecular flexibility index (Phi) is 7.36. The predicted molar refractivity (Wildman–Crippen MR) is 104 cm³/mol. The number of esters is 1. The van der Waals surface area contributed by atoms with E-state index in [9.17, 15) is 19.7 Å². The summed E-state index contributed by atoms with van der Waals surface area (Å²) in [5.74, 6) is -0.814. The molecule has 1 amide bonds. The standard InChI is InChI=1S/C19H20N2O5S/c1-14(2)20(15-6-4-3-5-7-15)18(22)12-26-19(23)13-27-17-10-8-16(9-11-17)21(24)25/h3-11,14H,12-13H2,1-2H3. The minimum atomic E-state index is -0.525. The van der Waals surface area contributed by atoms with Crippen LogP contribution in [0.5, 0.6) is 0 Å². The van der Waals surface area contributed by atoms with E-state index < -0.39 is 10.9 Å². The van der Waals surface area contributed by atoms with Gasteiger partial charge in [0.25, 0.3) is 11.6 Å². The fraction of sp³-hybridized carbons (Fsp3) is 0.263. The zero-order chi connectivity index (χ0) is 19.8. The quantitative estimate of drug-likeness (QED) is 0.297. The Labute approximate surface area is 161 Å². The van der Waals surface area contributed by atoms with Crippen molar-refractivity contribution in [2.24, 2.45) is 0 Å². The lowest BCUT2D eigenvalue weighted by Gasteiger charge is -2.26. The molecule has 0 spiro atoms. The van der Waals surface area contributed by atoms with E-state index in [2.05, 4.69) is 0 Å². The van der Waals surface area contributed by atoms with Crippen molar-refractivity contribution >= 4 is 35.0 Å². The molecule has 2 aromatic rings. The first-order valence-corrected chi connectivity index (χ1v) is 9.27. The molecule has 0 radical (unpaired) electrons. The third-order valence-corrected chi connectivity index (χ3v) is 4.57. The number of hydrogen-bond donors (Lipinski definition) is 0. The fourth-order valence-electron chi connectivity index (χ4n) is 2.38. The Morgan fingerprint density at radius 1 is 1.11 bits per heavy atom. The molecule has 0 atom stereocenters. The molecular formula is C19H20N2O5S. The Hall–Kier alpha value is -2.87. The molecule has 8 heteroatoms. The molecule has 0 aliphatic carbocycles. The van der Waals surface area contributed by atoms with Gasteiger partial charge in [-0.15, -0.1) is 11.8 Å². The number of hydrogen-bond acceptors (Lipinski definition) is 6. The molecule has 0 N–H and O–H groups in total. The summed E-state index contributed by atoms with van der Waals surface area (Å²) in [5.41, 5.74) is 0.732. The van der Waals surface area contributed by atoms with Crippen molar-refractivity contribution < 1.29 is 19.2 Å². The van der Waals surface area contributed by atoms with Crippen molar-refractivity contribution in [2.75, 3.05) is 17.3 Å². The number of rotatable bonds is 8. The number of nitro benzene ring substituents is 1. The summed E-state index contributed by atoms with van der Waals surface area (Å²) in [4.78, 5) is 36.8. The molecule has 7 nitrogen and oxygen atoms in total. The fourth-order valence-corrected chi connectivity index (χ4v) is 3.07. The van der Waals surface area contributed by atoms with Crippen molar-refractivity contribution in [3.8, 4) is 0 Å². The van der Waals surface area contributed by atoms with Crippen LogP contribution in [0.3, 0.4) is 0 Å².